The predicted octanol–water partition coefficient (Wildman–Crippen LogP) is 5.22. The fourth-order valence-corrected chi connectivity index (χ4v) is 4.22. The first-order chi connectivity index (χ1) is 15.8. The Labute approximate surface area is 200 Å². The highest BCUT2D eigenvalue weighted by molar-refractivity contribution is 6.36. The topological polar surface area (TPSA) is 103 Å². The zero-order valence-corrected chi connectivity index (χ0v) is 19.5. The first kappa shape index (κ1) is 24.4. The Morgan fingerprint density at radius 3 is 2.55 bits per heavy atom. The second-order valence-electron chi connectivity index (χ2n) is 6.95. The molecule has 1 aliphatic rings. The van der Waals surface area contributed by atoms with Gasteiger partial charge >= 0.3 is 18.0 Å². The average Bonchev–Trinajstić information content (AvgIpc) is 3.09. The molecule has 2 unspecified atom stereocenters. The van der Waals surface area contributed by atoms with Crippen molar-refractivity contribution in [2.75, 3.05) is 23.8 Å². The molecule has 10 heteroatoms. The lowest BCUT2D eigenvalue weighted by molar-refractivity contribution is -0.160. The van der Waals surface area contributed by atoms with Crippen LogP contribution in [0, 0.1) is 0 Å². The lowest BCUT2D eigenvalue weighted by Gasteiger charge is -2.33. The van der Waals surface area contributed by atoms with Gasteiger partial charge in [0, 0.05) is 28.0 Å². The van der Waals surface area contributed by atoms with Crippen molar-refractivity contribution in [3.63, 3.8) is 0 Å². The van der Waals surface area contributed by atoms with E-state index in [9.17, 15) is 14.4 Å². The highest BCUT2D eigenvalue weighted by atomic mass is 35.5. The Hall–Kier alpha value is -3.23. The van der Waals surface area contributed by atoms with Crippen LogP contribution in [-0.2, 0) is 29.3 Å². The number of rotatable bonds is 7. The number of carbonyl (C=O) groups excluding carboxylic acids is 3. The maximum atomic E-state index is 13.5. The largest absolute Gasteiger partial charge is 0.464 e. The minimum absolute atomic E-state index is 0.0655. The Kier molecular flexibility index (Phi) is 7.50. The van der Waals surface area contributed by atoms with Gasteiger partial charge in [-0.3, -0.25) is 5.32 Å². The number of benzene rings is 2. The number of fused-ring (bicyclic) bond motifs is 1. The van der Waals surface area contributed by atoms with Crippen LogP contribution >= 0.6 is 23.2 Å². The van der Waals surface area contributed by atoms with Crippen LogP contribution in [-0.4, -0.2) is 31.2 Å². The van der Waals surface area contributed by atoms with Crippen molar-refractivity contribution in [1.82, 2.24) is 0 Å². The van der Waals surface area contributed by atoms with Crippen LogP contribution in [0.3, 0.4) is 0 Å². The summed E-state index contributed by atoms with van der Waals surface area (Å²) in [6.07, 6.45) is -0.900. The van der Waals surface area contributed by atoms with Crippen molar-refractivity contribution in [2.45, 2.75) is 25.5 Å². The van der Waals surface area contributed by atoms with E-state index in [4.69, 9.17) is 37.4 Å². The van der Waals surface area contributed by atoms with Crippen molar-refractivity contribution >= 4 is 52.6 Å². The lowest BCUT2D eigenvalue weighted by Crippen LogP contribution is -2.47. The number of hydrogen-bond donors (Lipinski definition) is 2. The summed E-state index contributed by atoms with van der Waals surface area (Å²) in [5.74, 6) is -1.49. The maximum Gasteiger partial charge on any atom is 0.411 e. The summed E-state index contributed by atoms with van der Waals surface area (Å²) < 4.78 is 15.9. The fourth-order valence-electron chi connectivity index (χ4n) is 3.63. The minimum Gasteiger partial charge on any atom is -0.464 e. The molecule has 1 aliphatic heterocycles. The van der Waals surface area contributed by atoms with E-state index in [1.54, 1.807) is 44.2 Å². The number of carbonyl (C=O) groups is 3. The molecule has 2 aromatic carbocycles. The van der Waals surface area contributed by atoms with Crippen LogP contribution in [0.4, 0.5) is 16.2 Å². The molecule has 2 atom stereocenters. The molecule has 0 aromatic heterocycles. The summed E-state index contributed by atoms with van der Waals surface area (Å²) in [5, 5.41) is 6.22. The van der Waals surface area contributed by atoms with Crippen molar-refractivity contribution in [2.24, 2.45) is 0 Å². The number of ether oxygens (including phenoxy) is 3. The van der Waals surface area contributed by atoms with Crippen molar-refractivity contribution < 1.29 is 28.6 Å². The van der Waals surface area contributed by atoms with Gasteiger partial charge in [-0.15, -0.1) is 0 Å². The summed E-state index contributed by atoms with van der Waals surface area (Å²) in [4.78, 5) is 37.7. The smallest absolute Gasteiger partial charge is 0.411 e. The number of hydrogen-bond acceptors (Lipinski definition) is 7. The molecule has 33 heavy (non-hydrogen) atoms. The SMILES string of the molecule is C=CC(=O)OC1c2c(Cl)cc(Cl)cc2NC1(C(=O)OCC)c1cccc(NC(=O)OCC)c1. The number of esters is 2. The molecular formula is C23H22Cl2N2O6. The van der Waals surface area contributed by atoms with Crippen LogP contribution in [0.1, 0.15) is 31.1 Å². The Morgan fingerprint density at radius 2 is 1.88 bits per heavy atom. The van der Waals surface area contributed by atoms with Crippen molar-refractivity contribution in [3.8, 4) is 0 Å². The third kappa shape index (κ3) is 4.77. The summed E-state index contributed by atoms with van der Waals surface area (Å²) >= 11 is 12.6. The van der Waals surface area contributed by atoms with E-state index >= 15 is 0 Å². The summed E-state index contributed by atoms with van der Waals surface area (Å²) in [6, 6.07) is 9.49. The number of nitrogens with one attached hydrogen (secondary N) is 2. The zero-order chi connectivity index (χ0) is 24.2. The van der Waals surface area contributed by atoms with Gasteiger partial charge in [0.2, 0.25) is 5.54 Å². The van der Waals surface area contributed by atoms with Gasteiger partial charge in [-0.05, 0) is 43.7 Å². The predicted molar refractivity (Wildman–Crippen MR) is 125 cm³/mol. The molecule has 0 spiro atoms. The molecule has 0 aliphatic carbocycles. The molecule has 3 rings (SSSR count). The molecule has 8 nitrogen and oxygen atoms in total. The van der Waals surface area contributed by atoms with Gasteiger partial charge in [-0.2, -0.15) is 0 Å². The molecule has 0 fully saturated rings. The van der Waals surface area contributed by atoms with E-state index < -0.39 is 29.7 Å². The molecule has 0 saturated heterocycles. The Balaban J connectivity index is 2.21. The lowest BCUT2D eigenvalue weighted by atomic mass is 9.83. The van der Waals surface area contributed by atoms with Crippen molar-refractivity contribution in [1.29, 1.82) is 0 Å². The van der Waals surface area contributed by atoms with E-state index in [-0.39, 0.29) is 18.2 Å². The molecule has 1 amide bonds. The van der Waals surface area contributed by atoms with E-state index in [0.717, 1.165) is 6.08 Å². The molecule has 0 bridgehead atoms. The maximum absolute atomic E-state index is 13.5. The average molecular weight is 493 g/mol. The van der Waals surface area contributed by atoms with Crippen LogP contribution < -0.4 is 10.6 Å². The van der Waals surface area contributed by atoms with Gasteiger partial charge in [-0.1, -0.05) is 41.9 Å². The molecule has 2 N–H and O–H groups in total. The monoisotopic (exact) mass is 492 g/mol. The standard InChI is InChI=1S/C23H22Cl2N2O6/c1-4-18(28)33-20-19-16(25)11-14(24)12-17(19)27-23(20,21(29)31-5-2)13-8-7-9-15(10-13)26-22(30)32-6-3/h4,7-12,20,27H,1,5-6H2,2-3H3,(H,26,30). The van der Waals surface area contributed by atoms with Gasteiger partial charge in [0.1, 0.15) is 0 Å². The summed E-state index contributed by atoms with van der Waals surface area (Å²) in [5.41, 5.74) is -0.275. The zero-order valence-electron chi connectivity index (χ0n) is 17.9. The first-order valence-electron chi connectivity index (χ1n) is 10.1. The minimum atomic E-state index is -1.72. The Bertz CT molecular complexity index is 1110. The van der Waals surface area contributed by atoms with Crippen LogP contribution in [0.2, 0.25) is 10.0 Å². The fraction of sp³-hybridized carbons (Fsp3) is 0.261. The van der Waals surface area contributed by atoms with Crippen molar-refractivity contribution in [3.05, 3.63) is 70.2 Å². The molecule has 0 radical (unpaired) electrons. The third-order valence-electron chi connectivity index (χ3n) is 4.92. The Morgan fingerprint density at radius 1 is 1.15 bits per heavy atom. The highest BCUT2D eigenvalue weighted by Crippen LogP contribution is 2.53. The number of anilines is 2. The van der Waals surface area contributed by atoms with E-state index in [1.165, 1.54) is 6.07 Å². The normalized spacial score (nSPS) is 18.5. The third-order valence-corrected chi connectivity index (χ3v) is 5.45. The highest BCUT2D eigenvalue weighted by Gasteiger charge is 2.57. The molecule has 1 heterocycles. The van der Waals surface area contributed by atoms with Gasteiger partial charge < -0.3 is 19.5 Å². The quantitative estimate of drug-likeness (QED) is 0.310. The molecular weight excluding hydrogens is 471 g/mol. The van der Waals surface area contributed by atoms with E-state index in [0.29, 0.717) is 27.5 Å². The second kappa shape index (κ2) is 10.1. The van der Waals surface area contributed by atoms with Gasteiger partial charge in [-0.25, -0.2) is 14.4 Å². The van der Waals surface area contributed by atoms with Crippen LogP contribution in [0.25, 0.3) is 0 Å². The number of halogens is 2. The van der Waals surface area contributed by atoms with E-state index in [2.05, 4.69) is 17.2 Å². The molecule has 2 aromatic rings. The molecule has 174 valence electrons. The summed E-state index contributed by atoms with van der Waals surface area (Å²) in [7, 11) is 0. The summed E-state index contributed by atoms with van der Waals surface area (Å²) in [6.45, 7) is 7.02. The van der Waals surface area contributed by atoms with E-state index in [1.807, 2.05) is 0 Å². The van der Waals surface area contributed by atoms with Gasteiger partial charge in [0.15, 0.2) is 6.10 Å². The van der Waals surface area contributed by atoms with Gasteiger partial charge in [0.05, 0.1) is 18.2 Å². The first-order valence-corrected chi connectivity index (χ1v) is 10.8. The second-order valence-corrected chi connectivity index (χ2v) is 7.79. The number of amides is 1. The van der Waals surface area contributed by atoms with Crippen LogP contribution in [0.15, 0.2) is 49.1 Å². The van der Waals surface area contributed by atoms with Crippen LogP contribution in [0.5, 0.6) is 0 Å². The molecule has 0 saturated carbocycles. The van der Waals surface area contributed by atoms with Gasteiger partial charge in [0.25, 0.3) is 0 Å².